The second-order valence-electron chi connectivity index (χ2n) is 6.29. The highest BCUT2D eigenvalue weighted by molar-refractivity contribution is 5.92. The maximum atomic E-state index is 12.3. The number of ether oxygens (including phenoxy) is 1. The fourth-order valence-electron chi connectivity index (χ4n) is 3.00. The van der Waals surface area contributed by atoms with Crippen LogP contribution < -0.4 is 10.1 Å². The van der Waals surface area contributed by atoms with Crippen molar-refractivity contribution in [3.05, 3.63) is 47.3 Å². The Kier molecular flexibility index (Phi) is 5.92. The molecule has 1 amide bonds. The molecule has 1 aromatic carbocycles. The Bertz CT molecular complexity index is 826. The van der Waals surface area contributed by atoms with Crippen LogP contribution in [0.3, 0.4) is 0 Å². The van der Waals surface area contributed by atoms with Crippen LogP contribution in [0.5, 0.6) is 5.75 Å². The highest BCUT2D eigenvalue weighted by Crippen LogP contribution is 2.15. The van der Waals surface area contributed by atoms with Crippen molar-refractivity contribution < 1.29 is 9.53 Å². The zero-order valence-electron chi connectivity index (χ0n) is 15.3. The summed E-state index contributed by atoms with van der Waals surface area (Å²) in [5, 5.41) is 7.21. The topological polar surface area (TPSA) is 59.4 Å². The van der Waals surface area contributed by atoms with Gasteiger partial charge < -0.3 is 15.0 Å². The smallest absolute Gasteiger partial charge is 0.271 e. The monoisotopic (exact) mass is 352 g/mol. The van der Waals surface area contributed by atoms with E-state index in [1.54, 1.807) is 24.9 Å². The van der Waals surface area contributed by atoms with Gasteiger partial charge in [0.25, 0.3) is 5.91 Å². The number of nitrogens with one attached hydrogen (secondary N) is 1. The predicted octanol–water partition coefficient (Wildman–Crippen LogP) is 1.65. The third-order valence-corrected chi connectivity index (χ3v) is 4.46. The molecule has 1 fully saturated rings. The molecule has 0 atom stereocenters. The highest BCUT2D eigenvalue weighted by Gasteiger charge is 2.14. The summed E-state index contributed by atoms with van der Waals surface area (Å²) >= 11 is 0. The number of carbonyl (C=O) groups excluding carboxylic acids is 1. The predicted molar refractivity (Wildman–Crippen MR) is 100 cm³/mol. The fourth-order valence-corrected chi connectivity index (χ4v) is 3.00. The Labute approximate surface area is 154 Å². The Morgan fingerprint density at radius 2 is 2.04 bits per heavy atom. The molecule has 2 aromatic rings. The second kappa shape index (κ2) is 8.54. The van der Waals surface area contributed by atoms with Crippen LogP contribution in [0, 0.1) is 11.8 Å². The van der Waals surface area contributed by atoms with E-state index < -0.39 is 0 Å². The molecule has 6 nitrogen and oxygen atoms in total. The van der Waals surface area contributed by atoms with Crippen molar-refractivity contribution in [2.75, 3.05) is 33.3 Å². The van der Waals surface area contributed by atoms with E-state index in [2.05, 4.69) is 27.2 Å². The summed E-state index contributed by atoms with van der Waals surface area (Å²) in [6.07, 6.45) is 2.50. The molecule has 0 radical (unpaired) electrons. The molecule has 2 heterocycles. The molecule has 1 aromatic heterocycles. The largest absolute Gasteiger partial charge is 0.495 e. The Hall–Kier alpha value is -2.78. The first-order valence-corrected chi connectivity index (χ1v) is 8.87. The average Bonchev–Trinajstić information content (AvgIpc) is 3.30. The molecule has 1 aliphatic heterocycles. The number of hydrogen-bond donors (Lipinski definition) is 1. The summed E-state index contributed by atoms with van der Waals surface area (Å²) < 4.78 is 6.92. The summed E-state index contributed by atoms with van der Waals surface area (Å²) in [5.41, 5.74) is 1.87. The van der Waals surface area contributed by atoms with E-state index >= 15 is 0 Å². The van der Waals surface area contributed by atoms with E-state index in [0.29, 0.717) is 17.9 Å². The van der Waals surface area contributed by atoms with Crippen molar-refractivity contribution in [3.8, 4) is 17.6 Å². The molecule has 0 bridgehead atoms. The normalized spacial score (nSPS) is 13.9. The van der Waals surface area contributed by atoms with E-state index in [-0.39, 0.29) is 5.91 Å². The van der Waals surface area contributed by atoms with Gasteiger partial charge in [-0.15, -0.1) is 0 Å². The number of hydrogen-bond acceptors (Lipinski definition) is 4. The molecule has 1 aliphatic rings. The lowest BCUT2D eigenvalue weighted by molar-refractivity contribution is 0.0944. The molecule has 0 unspecified atom stereocenters. The first-order chi connectivity index (χ1) is 12.7. The van der Waals surface area contributed by atoms with Gasteiger partial charge in [0, 0.05) is 26.2 Å². The number of methoxy groups -OCH3 is 1. The maximum absolute atomic E-state index is 12.3. The third kappa shape index (κ3) is 4.44. The molecule has 0 spiro atoms. The van der Waals surface area contributed by atoms with Gasteiger partial charge in [-0.25, -0.2) is 0 Å². The SMILES string of the molecule is COc1ccccc1C#Cc1cc(C(=O)NCCN2CCCC2)nn1C. The molecular formula is C20H24N4O2. The second-order valence-corrected chi connectivity index (χ2v) is 6.29. The van der Waals surface area contributed by atoms with Gasteiger partial charge in [0.2, 0.25) is 0 Å². The lowest BCUT2D eigenvalue weighted by Gasteiger charge is -2.14. The zero-order valence-corrected chi connectivity index (χ0v) is 15.3. The van der Waals surface area contributed by atoms with Crippen LogP contribution in [0.15, 0.2) is 30.3 Å². The molecule has 3 rings (SSSR count). The quantitative estimate of drug-likeness (QED) is 0.832. The van der Waals surface area contributed by atoms with Crippen molar-refractivity contribution in [1.82, 2.24) is 20.0 Å². The number of aryl methyl sites for hydroxylation is 1. The minimum atomic E-state index is -0.162. The minimum Gasteiger partial charge on any atom is -0.495 e. The molecular weight excluding hydrogens is 328 g/mol. The molecule has 0 aliphatic carbocycles. The van der Waals surface area contributed by atoms with Crippen molar-refractivity contribution in [3.63, 3.8) is 0 Å². The number of rotatable bonds is 5. The maximum Gasteiger partial charge on any atom is 0.271 e. The van der Waals surface area contributed by atoms with Gasteiger partial charge in [-0.05, 0) is 44.0 Å². The number of likely N-dealkylation sites (tertiary alicyclic amines) is 1. The van der Waals surface area contributed by atoms with Gasteiger partial charge in [0.05, 0.1) is 12.7 Å². The van der Waals surface area contributed by atoms with Crippen LogP contribution in [0.4, 0.5) is 0 Å². The van der Waals surface area contributed by atoms with Crippen LogP contribution >= 0.6 is 0 Å². The highest BCUT2D eigenvalue weighted by atomic mass is 16.5. The number of amides is 1. The van der Waals surface area contributed by atoms with Gasteiger partial charge in [-0.3, -0.25) is 9.48 Å². The van der Waals surface area contributed by atoms with Crippen LogP contribution in [-0.2, 0) is 7.05 Å². The molecule has 1 saturated heterocycles. The Morgan fingerprint density at radius 1 is 1.27 bits per heavy atom. The van der Waals surface area contributed by atoms with Gasteiger partial charge in [0.15, 0.2) is 5.69 Å². The van der Waals surface area contributed by atoms with Gasteiger partial charge >= 0.3 is 0 Å². The van der Waals surface area contributed by atoms with E-state index in [1.165, 1.54) is 12.8 Å². The summed E-state index contributed by atoms with van der Waals surface area (Å²) in [6, 6.07) is 9.29. The van der Waals surface area contributed by atoms with Crippen LogP contribution in [0.2, 0.25) is 0 Å². The third-order valence-electron chi connectivity index (χ3n) is 4.46. The number of carbonyl (C=O) groups is 1. The number of aromatic nitrogens is 2. The number of nitrogens with zero attached hydrogens (tertiary/aromatic N) is 3. The van der Waals surface area contributed by atoms with Crippen molar-refractivity contribution >= 4 is 5.91 Å². The molecule has 1 N–H and O–H groups in total. The minimum absolute atomic E-state index is 0.162. The van der Waals surface area contributed by atoms with Crippen molar-refractivity contribution in [2.24, 2.45) is 7.05 Å². The zero-order chi connectivity index (χ0) is 18.4. The Balaban J connectivity index is 1.63. The van der Waals surface area contributed by atoms with Crippen LogP contribution in [0.25, 0.3) is 0 Å². The van der Waals surface area contributed by atoms with Crippen LogP contribution in [0.1, 0.15) is 34.6 Å². The van der Waals surface area contributed by atoms with Gasteiger partial charge in [0.1, 0.15) is 11.4 Å². The van der Waals surface area contributed by atoms with E-state index in [9.17, 15) is 4.79 Å². The lowest BCUT2D eigenvalue weighted by atomic mass is 10.2. The van der Waals surface area contributed by atoms with Crippen LogP contribution in [-0.4, -0.2) is 53.9 Å². The summed E-state index contributed by atoms with van der Waals surface area (Å²) in [6.45, 7) is 3.78. The first kappa shape index (κ1) is 18.0. The van der Waals surface area contributed by atoms with Gasteiger partial charge in [-0.2, -0.15) is 5.10 Å². The summed E-state index contributed by atoms with van der Waals surface area (Å²) in [7, 11) is 3.41. The first-order valence-electron chi connectivity index (χ1n) is 8.87. The standard InChI is InChI=1S/C20H24N4O2/c1-23-17(10-9-16-7-3-4-8-19(16)26-2)15-18(22-23)20(25)21-11-14-24-12-5-6-13-24/h3-4,7-8,15H,5-6,11-14H2,1-2H3,(H,21,25). The molecule has 136 valence electrons. The molecule has 26 heavy (non-hydrogen) atoms. The van der Waals surface area contributed by atoms with E-state index in [1.807, 2.05) is 24.3 Å². The summed E-state index contributed by atoms with van der Waals surface area (Å²) in [5.74, 6) is 6.70. The van der Waals surface area contributed by atoms with Crippen molar-refractivity contribution in [2.45, 2.75) is 12.8 Å². The fraction of sp³-hybridized carbons (Fsp3) is 0.400. The van der Waals surface area contributed by atoms with Gasteiger partial charge in [-0.1, -0.05) is 18.1 Å². The van der Waals surface area contributed by atoms with E-state index in [4.69, 9.17) is 4.74 Å². The lowest BCUT2D eigenvalue weighted by Crippen LogP contribution is -2.33. The molecule has 6 heteroatoms. The average molecular weight is 352 g/mol. The van der Waals surface area contributed by atoms with Crippen molar-refractivity contribution in [1.29, 1.82) is 0 Å². The number of benzene rings is 1. The summed E-state index contributed by atoms with van der Waals surface area (Å²) in [4.78, 5) is 14.6. The number of para-hydroxylation sites is 1. The van der Waals surface area contributed by atoms with E-state index in [0.717, 1.165) is 30.9 Å². The molecule has 0 saturated carbocycles. The Morgan fingerprint density at radius 3 is 2.81 bits per heavy atom.